The Kier molecular flexibility index (Phi) is 3.24. The maximum atomic E-state index is 10.8. The summed E-state index contributed by atoms with van der Waals surface area (Å²) in [5.74, 6) is -1.51. The minimum atomic E-state index is -1.88. The Balaban J connectivity index is 3.46. The number of carboxylic acid groups (broad SMARTS) is 1. The molecule has 0 aliphatic heterocycles. The van der Waals surface area contributed by atoms with Crippen LogP contribution in [0.25, 0.3) is 0 Å². The fourth-order valence-corrected chi connectivity index (χ4v) is 1.42. The van der Waals surface area contributed by atoms with Crippen molar-refractivity contribution in [3.8, 4) is 0 Å². The van der Waals surface area contributed by atoms with E-state index in [-0.39, 0.29) is 11.3 Å². The van der Waals surface area contributed by atoms with E-state index in [2.05, 4.69) is 0 Å². The Hall–Kier alpha value is -1.95. The lowest BCUT2D eigenvalue weighted by atomic mass is 9.99. The standard InChI is InChI=1S/C10H11NO5/c1-5-3-4-7(9(12)10(13)14)8(6(5)2)11(15)16/h3-4,9,12H,1-2H3,(H,13,14). The van der Waals surface area contributed by atoms with Gasteiger partial charge in [0.15, 0.2) is 6.10 Å². The molecular formula is C10H11NO5. The van der Waals surface area contributed by atoms with Crippen molar-refractivity contribution in [3.05, 3.63) is 38.9 Å². The summed E-state index contributed by atoms with van der Waals surface area (Å²) in [4.78, 5) is 20.7. The number of aliphatic hydroxyl groups excluding tert-OH is 1. The fraction of sp³-hybridized carbons (Fsp3) is 0.300. The van der Waals surface area contributed by atoms with Crippen LogP contribution in [0.3, 0.4) is 0 Å². The van der Waals surface area contributed by atoms with Gasteiger partial charge in [-0.3, -0.25) is 10.1 Å². The third kappa shape index (κ3) is 2.01. The van der Waals surface area contributed by atoms with Crippen LogP contribution in [0.1, 0.15) is 22.8 Å². The highest BCUT2D eigenvalue weighted by Crippen LogP contribution is 2.30. The molecule has 0 saturated heterocycles. The lowest BCUT2D eigenvalue weighted by Gasteiger charge is -2.10. The number of carboxylic acids is 1. The molecular weight excluding hydrogens is 214 g/mol. The van der Waals surface area contributed by atoms with Gasteiger partial charge >= 0.3 is 5.97 Å². The Bertz CT molecular complexity index is 455. The third-order valence-corrected chi connectivity index (χ3v) is 2.44. The average molecular weight is 225 g/mol. The summed E-state index contributed by atoms with van der Waals surface area (Å²) in [6.45, 7) is 3.20. The predicted molar refractivity (Wildman–Crippen MR) is 55.2 cm³/mol. The van der Waals surface area contributed by atoms with Crippen LogP contribution in [0.2, 0.25) is 0 Å². The van der Waals surface area contributed by atoms with Gasteiger partial charge in [-0.2, -0.15) is 0 Å². The van der Waals surface area contributed by atoms with E-state index < -0.39 is 17.0 Å². The van der Waals surface area contributed by atoms with Crippen LogP contribution in [-0.4, -0.2) is 21.1 Å². The zero-order chi connectivity index (χ0) is 12.5. The van der Waals surface area contributed by atoms with Crippen LogP contribution in [0.5, 0.6) is 0 Å². The van der Waals surface area contributed by atoms with Crippen molar-refractivity contribution in [2.75, 3.05) is 0 Å². The summed E-state index contributed by atoms with van der Waals surface area (Å²) >= 11 is 0. The molecule has 6 nitrogen and oxygen atoms in total. The molecule has 1 rings (SSSR count). The van der Waals surface area contributed by atoms with Crippen LogP contribution in [0, 0.1) is 24.0 Å². The topological polar surface area (TPSA) is 101 Å². The van der Waals surface area contributed by atoms with Crippen molar-refractivity contribution in [2.45, 2.75) is 20.0 Å². The van der Waals surface area contributed by atoms with Crippen molar-refractivity contribution < 1.29 is 19.9 Å². The number of nitro benzene ring substituents is 1. The number of carbonyl (C=O) groups is 1. The van der Waals surface area contributed by atoms with E-state index >= 15 is 0 Å². The minimum Gasteiger partial charge on any atom is -0.479 e. The van der Waals surface area contributed by atoms with E-state index in [0.717, 1.165) is 0 Å². The van der Waals surface area contributed by atoms with Crippen LogP contribution in [-0.2, 0) is 4.79 Å². The van der Waals surface area contributed by atoms with E-state index in [4.69, 9.17) is 5.11 Å². The molecule has 0 bridgehead atoms. The number of aliphatic hydroxyl groups is 1. The van der Waals surface area contributed by atoms with Gasteiger partial charge in [-0.15, -0.1) is 0 Å². The molecule has 0 heterocycles. The molecule has 0 aliphatic carbocycles. The second kappa shape index (κ2) is 4.28. The summed E-state index contributed by atoms with van der Waals surface area (Å²) in [5.41, 5.74) is 0.506. The van der Waals surface area contributed by atoms with E-state index in [1.165, 1.54) is 13.0 Å². The first-order chi connectivity index (χ1) is 7.36. The maximum absolute atomic E-state index is 10.8. The molecule has 1 aromatic rings. The van der Waals surface area contributed by atoms with Crippen LogP contribution < -0.4 is 0 Å². The van der Waals surface area contributed by atoms with E-state index in [1.54, 1.807) is 13.0 Å². The average Bonchev–Trinajstić information content (AvgIpc) is 2.20. The number of aliphatic carboxylic acids is 1. The molecule has 0 aromatic heterocycles. The lowest BCUT2D eigenvalue weighted by molar-refractivity contribution is -0.386. The number of rotatable bonds is 3. The van der Waals surface area contributed by atoms with Gasteiger partial charge in [-0.1, -0.05) is 6.07 Å². The number of hydrogen-bond acceptors (Lipinski definition) is 4. The van der Waals surface area contributed by atoms with Gasteiger partial charge < -0.3 is 10.2 Å². The molecule has 2 N–H and O–H groups in total. The first kappa shape index (κ1) is 12.1. The number of hydrogen-bond donors (Lipinski definition) is 2. The number of nitro groups is 1. The smallest absolute Gasteiger partial charge is 0.337 e. The van der Waals surface area contributed by atoms with E-state index in [9.17, 15) is 20.0 Å². The highest BCUT2D eigenvalue weighted by atomic mass is 16.6. The zero-order valence-corrected chi connectivity index (χ0v) is 8.80. The fourth-order valence-electron chi connectivity index (χ4n) is 1.42. The molecule has 86 valence electrons. The minimum absolute atomic E-state index is 0.194. The van der Waals surface area contributed by atoms with Crippen molar-refractivity contribution in [3.63, 3.8) is 0 Å². The third-order valence-electron chi connectivity index (χ3n) is 2.44. The zero-order valence-electron chi connectivity index (χ0n) is 8.80. The summed E-state index contributed by atoms with van der Waals surface area (Å²) in [5, 5.41) is 28.8. The molecule has 1 unspecified atom stereocenters. The maximum Gasteiger partial charge on any atom is 0.337 e. The van der Waals surface area contributed by atoms with Crippen molar-refractivity contribution in [1.29, 1.82) is 0 Å². The highest BCUT2D eigenvalue weighted by Gasteiger charge is 2.27. The van der Waals surface area contributed by atoms with E-state index in [1.807, 2.05) is 0 Å². The summed E-state index contributed by atoms with van der Waals surface area (Å²) in [7, 11) is 0. The van der Waals surface area contributed by atoms with Gasteiger partial charge in [0.05, 0.1) is 10.5 Å². The predicted octanol–water partition coefficient (Wildman–Crippen LogP) is 1.33. The molecule has 0 aliphatic rings. The van der Waals surface area contributed by atoms with Gasteiger partial charge in [-0.05, 0) is 25.5 Å². The number of aryl methyl sites for hydroxylation is 1. The van der Waals surface area contributed by atoms with Crippen molar-refractivity contribution in [1.82, 2.24) is 0 Å². The normalized spacial score (nSPS) is 12.2. The largest absolute Gasteiger partial charge is 0.479 e. The Morgan fingerprint density at radius 1 is 1.44 bits per heavy atom. The Labute approximate surface area is 91.3 Å². The molecule has 0 fully saturated rings. The second-order valence-electron chi connectivity index (χ2n) is 3.44. The van der Waals surface area contributed by atoms with E-state index in [0.29, 0.717) is 11.1 Å². The van der Waals surface area contributed by atoms with Gasteiger partial charge in [-0.25, -0.2) is 4.79 Å². The van der Waals surface area contributed by atoms with Gasteiger partial charge in [0.1, 0.15) is 0 Å². The summed E-state index contributed by atoms with van der Waals surface area (Å²) < 4.78 is 0. The summed E-state index contributed by atoms with van der Waals surface area (Å²) in [6, 6.07) is 2.81. The van der Waals surface area contributed by atoms with Crippen molar-refractivity contribution in [2.24, 2.45) is 0 Å². The van der Waals surface area contributed by atoms with Crippen LogP contribution >= 0.6 is 0 Å². The quantitative estimate of drug-likeness (QED) is 0.597. The molecule has 0 radical (unpaired) electrons. The lowest BCUT2D eigenvalue weighted by Crippen LogP contribution is -2.13. The molecule has 16 heavy (non-hydrogen) atoms. The summed E-state index contributed by atoms with van der Waals surface area (Å²) in [6.07, 6.45) is -1.88. The van der Waals surface area contributed by atoms with Gasteiger partial charge in [0, 0.05) is 5.56 Å². The van der Waals surface area contributed by atoms with Crippen molar-refractivity contribution >= 4 is 11.7 Å². The van der Waals surface area contributed by atoms with Crippen LogP contribution in [0.15, 0.2) is 12.1 Å². The molecule has 0 amide bonds. The number of benzene rings is 1. The molecule has 0 saturated carbocycles. The second-order valence-corrected chi connectivity index (χ2v) is 3.44. The SMILES string of the molecule is Cc1ccc(C(O)C(=O)O)c([N+](=O)[O-])c1C. The van der Waals surface area contributed by atoms with Crippen LogP contribution in [0.4, 0.5) is 5.69 Å². The monoisotopic (exact) mass is 225 g/mol. The first-order valence-electron chi connectivity index (χ1n) is 4.51. The Morgan fingerprint density at radius 3 is 2.44 bits per heavy atom. The molecule has 1 atom stereocenters. The Morgan fingerprint density at radius 2 is 2.00 bits per heavy atom. The number of nitrogens with zero attached hydrogens (tertiary/aromatic N) is 1. The first-order valence-corrected chi connectivity index (χ1v) is 4.51. The molecule has 1 aromatic carbocycles. The highest BCUT2D eigenvalue weighted by molar-refractivity contribution is 5.76. The van der Waals surface area contributed by atoms with Gasteiger partial charge in [0.25, 0.3) is 5.69 Å². The molecule has 6 heteroatoms. The molecule has 0 spiro atoms. The van der Waals surface area contributed by atoms with Gasteiger partial charge in [0.2, 0.25) is 0 Å².